The number of fused-ring (bicyclic) bond motifs is 1. The Labute approximate surface area is 133 Å². The molecule has 1 heterocycles. The lowest BCUT2D eigenvalue weighted by molar-refractivity contribution is -0.118. The maximum atomic E-state index is 13.9. The zero-order chi connectivity index (χ0) is 17.3. The number of benzene rings is 1. The van der Waals surface area contributed by atoms with Crippen LogP contribution in [0.25, 0.3) is 0 Å². The molecule has 1 aliphatic rings. The zero-order valence-corrected chi connectivity index (χ0v) is 12.5. The van der Waals surface area contributed by atoms with E-state index in [9.17, 15) is 27.8 Å². The molecule has 0 saturated heterocycles. The fraction of sp³-hybridized carbons (Fsp3) is 0.333. The van der Waals surface area contributed by atoms with Crippen molar-refractivity contribution in [2.45, 2.75) is 12.4 Å². The standard InChI is InChI=1S/C12H11BF3NO5S/c1-23-3-6(18)17-5-2-4-8(14)10(16)9(15)7(12(19)20)11(4)22-13(5)21/h5,21H,2-3H2,1H3,(H,17,18)(H,19,20)/t5-/m0/s1. The van der Waals surface area contributed by atoms with Gasteiger partial charge < -0.3 is 20.1 Å². The molecular formula is C12H11BF3NO5S. The number of carbonyl (C=O) groups is 2. The van der Waals surface area contributed by atoms with Gasteiger partial charge in [-0.25, -0.2) is 18.0 Å². The first-order valence-corrected chi connectivity index (χ1v) is 7.72. The molecule has 1 aromatic carbocycles. The SMILES string of the molecule is CSCC(=O)N[C@H]1Cc2c(F)c(F)c(F)c(C(=O)O)c2OB1O. The number of carbonyl (C=O) groups excluding carboxylic acids is 1. The van der Waals surface area contributed by atoms with Gasteiger partial charge in [-0.3, -0.25) is 4.79 Å². The average Bonchev–Trinajstić information content (AvgIpc) is 2.47. The van der Waals surface area contributed by atoms with Crippen molar-refractivity contribution in [2.75, 3.05) is 12.0 Å². The summed E-state index contributed by atoms with van der Waals surface area (Å²) in [4.78, 5) is 22.6. The highest BCUT2D eigenvalue weighted by molar-refractivity contribution is 7.99. The molecule has 1 amide bonds. The van der Waals surface area contributed by atoms with Crippen LogP contribution < -0.4 is 9.97 Å². The first-order valence-electron chi connectivity index (χ1n) is 6.33. The van der Waals surface area contributed by atoms with Crippen LogP contribution in [0.15, 0.2) is 0 Å². The van der Waals surface area contributed by atoms with E-state index in [1.807, 2.05) is 0 Å². The van der Waals surface area contributed by atoms with Crippen LogP contribution in [0, 0.1) is 17.5 Å². The summed E-state index contributed by atoms with van der Waals surface area (Å²) in [6, 6.07) is 0. The van der Waals surface area contributed by atoms with E-state index < -0.39 is 65.7 Å². The van der Waals surface area contributed by atoms with Crippen molar-refractivity contribution in [3.8, 4) is 5.75 Å². The predicted molar refractivity (Wildman–Crippen MR) is 75.9 cm³/mol. The van der Waals surface area contributed by atoms with Gasteiger partial charge in [0.2, 0.25) is 5.91 Å². The Kier molecular flexibility index (Phi) is 5.10. The van der Waals surface area contributed by atoms with Crippen molar-refractivity contribution >= 4 is 30.8 Å². The predicted octanol–water partition coefficient (Wildman–Crippen LogP) is 0.605. The highest BCUT2D eigenvalue weighted by Gasteiger charge is 2.41. The zero-order valence-electron chi connectivity index (χ0n) is 11.7. The summed E-state index contributed by atoms with van der Waals surface area (Å²) in [6.07, 6.45) is 1.22. The summed E-state index contributed by atoms with van der Waals surface area (Å²) in [7, 11) is -1.73. The third kappa shape index (κ3) is 3.25. The minimum absolute atomic E-state index is 0.0662. The first kappa shape index (κ1) is 17.5. The molecule has 11 heteroatoms. The van der Waals surface area contributed by atoms with Crippen molar-refractivity contribution < 1.29 is 37.5 Å². The lowest BCUT2D eigenvalue weighted by Crippen LogP contribution is -2.54. The first-order chi connectivity index (χ1) is 10.8. The maximum Gasteiger partial charge on any atom is 0.547 e. The molecule has 0 aromatic heterocycles. The van der Waals surface area contributed by atoms with Crippen molar-refractivity contribution in [2.24, 2.45) is 0 Å². The van der Waals surface area contributed by atoms with Crippen LogP contribution in [-0.2, 0) is 11.2 Å². The Hall–Kier alpha value is -1.88. The summed E-state index contributed by atoms with van der Waals surface area (Å²) in [5.74, 6) is -9.65. The Balaban J connectivity index is 2.44. The number of hydrogen-bond donors (Lipinski definition) is 3. The van der Waals surface area contributed by atoms with Gasteiger partial charge in [-0.05, 0) is 12.7 Å². The smallest absolute Gasteiger partial charge is 0.534 e. The summed E-state index contributed by atoms with van der Waals surface area (Å²) in [5, 5.41) is 21.1. The van der Waals surface area contributed by atoms with E-state index in [1.165, 1.54) is 11.8 Å². The Morgan fingerprint density at radius 2 is 2.00 bits per heavy atom. The monoisotopic (exact) mass is 349 g/mol. The average molecular weight is 349 g/mol. The molecule has 0 spiro atoms. The lowest BCUT2D eigenvalue weighted by Gasteiger charge is -2.29. The third-order valence-electron chi connectivity index (χ3n) is 3.21. The molecule has 23 heavy (non-hydrogen) atoms. The number of nitrogens with one attached hydrogen (secondary N) is 1. The van der Waals surface area contributed by atoms with Crippen LogP contribution in [-0.4, -0.2) is 47.1 Å². The molecule has 1 aliphatic heterocycles. The van der Waals surface area contributed by atoms with Gasteiger partial charge in [-0.2, -0.15) is 11.8 Å². The van der Waals surface area contributed by atoms with Crippen LogP contribution in [0.1, 0.15) is 15.9 Å². The van der Waals surface area contributed by atoms with Gasteiger partial charge >= 0.3 is 13.1 Å². The summed E-state index contributed by atoms with van der Waals surface area (Å²) in [6.45, 7) is 0. The maximum absolute atomic E-state index is 13.9. The molecule has 0 unspecified atom stereocenters. The van der Waals surface area contributed by atoms with E-state index in [-0.39, 0.29) is 5.75 Å². The van der Waals surface area contributed by atoms with Gasteiger partial charge in [0.15, 0.2) is 17.5 Å². The van der Waals surface area contributed by atoms with E-state index in [4.69, 9.17) is 9.76 Å². The van der Waals surface area contributed by atoms with Crippen LogP contribution in [0.4, 0.5) is 13.2 Å². The number of carboxylic acid groups (broad SMARTS) is 1. The minimum atomic E-state index is -1.95. The highest BCUT2D eigenvalue weighted by Crippen LogP contribution is 2.36. The van der Waals surface area contributed by atoms with E-state index in [0.717, 1.165) is 0 Å². The molecule has 0 fully saturated rings. The van der Waals surface area contributed by atoms with Crippen molar-refractivity contribution in [1.29, 1.82) is 0 Å². The normalized spacial score (nSPS) is 16.6. The molecular weight excluding hydrogens is 338 g/mol. The number of halogens is 3. The van der Waals surface area contributed by atoms with Crippen molar-refractivity contribution in [1.82, 2.24) is 5.32 Å². The van der Waals surface area contributed by atoms with E-state index >= 15 is 0 Å². The molecule has 124 valence electrons. The van der Waals surface area contributed by atoms with Gasteiger partial charge in [-0.1, -0.05) is 0 Å². The third-order valence-corrected chi connectivity index (χ3v) is 3.76. The topological polar surface area (TPSA) is 95.9 Å². The summed E-state index contributed by atoms with van der Waals surface area (Å²) >= 11 is 1.20. The largest absolute Gasteiger partial charge is 0.547 e. The second-order valence-corrected chi connectivity index (χ2v) is 5.62. The van der Waals surface area contributed by atoms with Crippen molar-refractivity contribution in [3.05, 3.63) is 28.6 Å². The lowest BCUT2D eigenvalue weighted by atomic mass is 9.72. The van der Waals surface area contributed by atoms with Crippen LogP contribution in [0.2, 0.25) is 0 Å². The molecule has 6 nitrogen and oxygen atoms in total. The van der Waals surface area contributed by atoms with Crippen LogP contribution >= 0.6 is 11.8 Å². The number of amides is 1. The number of thioether (sulfide) groups is 1. The molecule has 1 aromatic rings. The van der Waals surface area contributed by atoms with Gasteiger partial charge in [0, 0.05) is 5.56 Å². The summed E-state index contributed by atoms with van der Waals surface area (Å²) < 4.78 is 45.9. The van der Waals surface area contributed by atoms with Gasteiger partial charge in [0.05, 0.1) is 11.7 Å². The molecule has 0 saturated carbocycles. The fourth-order valence-electron chi connectivity index (χ4n) is 2.22. The second kappa shape index (κ2) is 6.71. The summed E-state index contributed by atoms with van der Waals surface area (Å²) in [5.41, 5.74) is -1.76. The molecule has 0 radical (unpaired) electrons. The van der Waals surface area contributed by atoms with E-state index in [0.29, 0.717) is 0 Å². The minimum Gasteiger partial charge on any atom is -0.534 e. The van der Waals surface area contributed by atoms with Crippen molar-refractivity contribution in [3.63, 3.8) is 0 Å². The molecule has 3 N–H and O–H groups in total. The van der Waals surface area contributed by atoms with E-state index in [2.05, 4.69) is 5.32 Å². The number of rotatable bonds is 4. The molecule has 2 rings (SSSR count). The Morgan fingerprint density at radius 1 is 1.35 bits per heavy atom. The fourth-order valence-corrected chi connectivity index (χ4v) is 2.56. The quantitative estimate of drug-likeness (QED) is 0.545. The van der Waals surface area contributed by atoms with Gasteiger partial charge in [0.1, 0.15) is 11.3 Å². The van der Waals surface area contributed by atoms with Gasteiger partial charge in [0.25, 0.3) is 0 Å². The number of hydrogen-bond acceptors (Lipinski definition) is 5. The molecule has 0 aliphatic carbocycles. The van der Waals surface area contributed by atoms with Crippen LogP contribution in [0.3, 0.4) is 0 Å². The number of carboxylic acids is 1. The van der Waals surface area contributed by atoms with Crippen LogP contribution in [0.5, 0.6) is 5.75 Å². The Morgan fingerprint density at radius 3 is 2.57 bits per heavy atom. The highest BCUT2D eigenvalue weighted by atomic mass is 32.2. The molecule has 1 atom stereocenters. The Bertz CT molecular complexity index is 675. The second-order valence-electron chi connectivity index (χ2n) is 4.75. The van der Waals surface area contributed by atoms with Gasteiger partial charge in [-0.15, -0.1) is 0 Å². The molecule has 0 bridgehead atoms. The van der Waals surface area contributed by atoms with E-state index in [1.54, 1.807) is 6.26 Å². The number of aromatic carboxylic acids is 1.